The fraction of sp³-hybridized carbons (Fsp3) is 0.529. The first kappa shape index (κ1) is 19.0. The second-order valence-electron chi connectivity index (χ2n) is 5.11. The number of hydrogen-bond acceptors (Lipinski definition) is 5. The van der Waals surface area contributed by atoms with Gasteiger partial charge in [-0.2, -0.15) is 0 Å². The van der Waals surface area contributed by atoms with Crippen LogP contribution in [-0.2, 0) is 19.1 Å². The average Bonchev–Trinajstić information content (AvgIpc) is 3.07. The zero-order valence-electron chi connectivity index (χ0n) is 14.0. The molecule has 1 aromatic rings. The van der Waals surface area contributed by atoms with E-state index in [0.29, 0.717) is 38.5 Å². The largest absolute Gasteiger partial charge is 0.469 e. The van der Waals surface area contributed by atoms with E-state index in [1.54, 1.807) is 36.3 Å². The SMILES string of the molecule is CCOCCCN(C[C@@H](C)C(=O)OC)C(=O)/C=C\c1ccco1. The van der Waals surface area contributed by atoms with E-state index >= 15 is 0 Å². The molecule has 0 fully saturated rings. The molecule has 1 rings (SSSR count). The van der Waals surface area contributed by atoms with Gasteiger partial charge < -0.3 is 18.8 Å². The molecule has 0 aliphatic rings. The minimum atomic E-state index is -0.381. The van der Waals surface area contributed by atoms with Crippen LogP contribution < -0.4 is 0 Å². The molecule has 6 nitrogen and oxygen atoms in total. The van der Waals surface area contributed by atoms with Crippen molar-refractivity contribution in [2.75, 3.05) is 33.4 Å². The lowest BCUT2D eigenvalue weighted by Crippen LogP contribution is -2.37. The van der Waals surface area contributed by atoms with Crippen LogP contribution in [0, 0.1) is 5.92 Å². The number of hydrogen-bond donors (Lipinski definition) is 0. The van der Waals surface area contributed by atoms with Crippen molar-refractivity contribution in [2.45, 2.75) is 20.3 Å². The summed E-state index contributed by atoms with van der Waals surface area (Å²) in [5.74, 6) is -0.280. The van der Waals surface area contributed by atoms with Crippen LogP contribution in [0.4, 0.5) is 0 Å². The standard InChI is InChI=1S/C17H25NO5/c1-4-22-11-6-10-18(13-14(2)17(20)21-3)16(19)9-8-15-7-5-12-23-15/h5,7-9,12,14H,4,6,10-11,13H2,1-3H3/b9-8-/t14-/m1/s1. The Hall–Kier alpha value is -2.08. The monoisotopic (exact) mass is 323 g/mol. The summed E-state index contributed by atoms with van der Waals surface area (Å²) in [6.45, 7) is 5.71. The van der Waals surface area contributed by atoms with Crippen LogP contribution in [0.3, 0.4) is 0 Å². The van der Waals surface area contributed by atoms with E-state index in [1.165, 1.54) is 13.2 Å². The van der Waals surface area contributed by atoms with Crippen molar-refractivity contribution < 1.29 is 23.5 Å². The third kappa shape index (κ3) is 7.15. The summed E-state index contributed by atoms with van der Waals surface area (Å²) < 4.78 is 15.2. The van der Waals surface area contributed by atoms with Gasteiger partial charge in [0.25, 0.3) is 0 Å². The molecule has 1 amide bonds. The lowest BCUT2D eigenvalue weighted by Gasteiger charge is -2.23. The van der Waals surface area contributed by atoms with Gasteiger partial charge in [-0.1, -0.05) is 6.92 Å². The van der Waals surface area contributed by atoms with Gasteiger partial charge in [0.15, 0.2) is 0 Å². The molecule has 0 N–H and O–H groups in total. The molecule has 1 atom stereocenters. The first-order valence-corrected chi connectivity index (χ1v) is 7.74. The molecule has 0 aliphatic carbocycles. The van der Waals surface area contributed by atoms with E-state index in [1.807, 2.05) is 6.92 Å². The molecule has 0 aliphatic heterocycles. The number of carbonyl (C=O) groups excluding carboxylic acids is 2. The maximum Gasteiger partial charge on any atom is 0.310 e. The normalized spacial score (nSPS) is 12.3. The number of furan rings is 1. The number of rotatable bonds is 10. The van der Waals surface area contributed by atoms with E-state index in [2.05, 4.69) is 0 Å². The van der Waals surface area contributed by atoms with Gasteiger partial charge in [-0.05, 0) is 31.6 Å². The number of amides is 1. The number of methoxy groups -OCH3 is 1. The Labute approximate surface area is 137 Å². The average molecular weight is 323 g/mol. The quantitative estimate of drug-likeness (QED) is 0.375. The van der Waals surface area contributed by atoms with Crippen molar-refractivity contribution in [2.24, 2.45) is 5.92 Å². The summed E-state index contributed by atoms with van der Waals surface area (Å²) >= 11 is 0. The summed E-state index contributed by atoms with van der Waals surface area (Å²) in [4.78, 5) is 25.6. The maximum atomic E-state index is 12.4. The molecule has 0 radical (unpaired) electrons. The number of ether oxygens (including phenoxy) is 2. The summed E-state index contributed by atoms with van der Waals surface area (Å²) in [7, 11) is 1.34. The Bertz CT molecular complexity index is 495. The van der Waals surface area contributed by atoms with Gasteiger partial charge in [0.1, 0.15) is 5.76 Å². The predicted octanol–water partition coefficient (Wildman–Crippen LogP) is 2.36. The third-order valence-electron chi connectivity index (χ3n) is 3.26. The number of nitrogens with zero attached hydrogens (tertiary/aromatic N) is 1. The third-order valence-corrected chi connectivity index (χ3v) is 3.26. The predicted molar refractivity (Wildman–Crippen MR) is 86.6 cm³/mol. The van der Waals surface area contributed by atoms with Crippen molar-refractivity contribution in [1.29, 1.82) is 0 Å². The van der Waals surface area contributed by atoms with Crippen LogP contribution in [0.15, 0.2) is 28.9 Å². The topological polar surface area (TPSA) is 69.0 Å². The molecule has 1 heterocycles. The van der Waals surface area contributed by atoms with Crippen molar-refractivity contribution in [3.05, 3.63) is 30.2 Å². The van der Waals surface area contributed by atoms with Crippen LogP contribution in [0.2, 0.25) is 0 Å². The molecule has 128 valence electrons. The fourth-order valence-corrected chi connectivity index (χ4v) is 2.04. The van der Waals surface area contributed by atoms with Gasteiger partial charge in [0.2, 0.25) is 5.91 Å². The zero-order chi connectivity index (χ0) is 17.1. The highest BCUT2D eigenvalue weighted by molar-refractivity contribution is 5.91. The van der Waals surface area contributed by atoms with E-state index < -0.39 is 0 Å². The number of esters is 1. The molecule has 0 saturated carbocycles. The molecule has 0 saturated heterocycles. The summed E-state index contributed by atoms with van der Waals surface area (Å²) in [5, 5.41) is 0. The van der Waals surface area contributed by atoms with Gasteiger partial charge in [-0.3, -0.25) is 9.59 Å². The van der Waals surface area contributed by atoms with Gasteiger partial charge in [0.05, 0.1) is 19.3 Å². The maximum absolute atomic E-state index is 12.4. The van der Waals surface area contributed by atoms with E-state index in [9.17, 15) is 9.59 Å². The van der Waals surface area contributed by atoms with Gasteiger partial charge in [-0.15, -0.1) is 0 Å². The smallest absolute Gasteiger partial charge is 0.310 e. The summed E-state index contributed by atoms with van der Waals surface area (Å²) in [6, 6.07) is 3.52. The Morgan fingerprint density at radius 3 is 2.83 bits per heavy atom. The molecular weight excluding hydrogens is 298 g/mol. The van der Waals surface area contributed by atoms with Crippen molar-refractivity contribution in [3.63, 3.8) is 0 Å². The molecule has 0 unspecified atom stereocenters. The van der Waals surface area contributed by atoms with Gasteiger partial charge >= 0.3 is 5.97 Å². The van der Waals surface area contributed by atoms with Gasteiger partial charge in [0, 0.05) is 32.4 Å². The lowest BCUT2D eigenvalue weighted by atomic mass is 10.1. The Balaban J connectivity index is 2.64. The van der Waals surface area contributed by atoms with Crippen molar-refractivity contribution >= 4 is 18.0 Å². The Kier molecular flexibility index (Phi) is 8.75. The molecule has 23 heavy (non-hydrogen) atoms. The highest BCUT2D eigenvalue weighted by atomic mass is 16.5. The van der Waals surface area contributed by atoms with Crippen LogP contribution in [-0.4, -0.2) is 50.2 Å². The first-order valence-electron chi connectivity index (χ1n) is 7.74. The van der Waals surface area contributed by atoms with E-state index in [4.69, 9.17) is 13.9 Å². The first-order chi connectivity index (χ1) is 11.1. The van der Waals surface area contributed by atoms with Crippen molar-refractivity contribution in [3.8, 4) is 0 Å². The minimum absolute atomic E-state index is 0.173. The van der Waals surface area contributed by atoms with E-state index in [0.717, 1.165) is 0 Å². The second-order valence-corrected chi connectivity index (χ2v) is 5.11. The Morgan fingerprint density at radius 1 is 1.43 bits per heavy atom. The fourth-order valence-electron chi connectivity index (χ4n) is 2.04. The molecule has 1 aromatic heterocycles. The molecule has 6 heteroatoms. The minimum Gasteiger partial charge on any atom is -0.469 e. The highest BCUT2D eigenvalue weighted by Crippen LogP contribution is 2.07. The zero-order valence-corrected chi connectivity index (χ0v) is 14.0. The highest BCUT2D eigenvalue weighted by Gasteiger charge is 2.20. The van der Waals surface area contributed by atoms with Crippen LogP contribution >= 0.6 is 0 Å². The molecule has 0 spiro atoms. The van der Waals surface area contributed by atoms with Crippen LogP contribution in [0.25, 0.3) is 6.08 Å². The van der Waals surface area contributed by atoms with E-state index in [-0.39, 0.29) is 17.8 Å². The van der Waals surface area contributed by atoms with Crippen molar-refractivity contribution in [1.82, 2.24) is 4.90 Å². The van der Waals surface area contributed by atoms with Crippen LogP contribution in [0.5, 0.6) is 0 Å². The Morgan fingerprint density at radius 2 is 2.22 bits per heavy atom. The summed E-state index contributed by atoms with van der Waals surface area (Å²) in [5.41, 5.74) is 0. The summed E-state index contributed by atoms with van der Waals surface area (Å²) in [6.07, 6.45) is 5.32. The van der Waals surface area contributed by atoms with Crippen LogP contribution in [0.1, 0.15) is 26.0 Å². The second kappa shape index (κ2) is 10.6. The molecule has 0 aromatic carbocycles. The number of carbonyl (C=O) groups is 2. The molecule has 0 bridgehead atoms. The molecular formula is C17H25NO5. The lowest BCUT2D eigenvalue weighted by molar-refractivity contribution is -0.146. The van der Waals surface area contributed by atoms with Gasteiger partial charge in [-0.25, -0.2) is 0 Å².